The number of hydrogen-bond acceptors (Lipinski definition) is 1. The number of carbonyl (C=O) groups excluding carboxylic acids is 1. The Balaban J connectivity index is 3.27. The Labute approximate surface area is 73.0 Å². The Kier molecular flexibility index (Phi) is 2.76. The fourth-order valence-electron chi connectivity index (χ4n) is 0.830. The summed E-state index contributed by atoms with van der Waals surface area (Å²) < 4.78 is 24.3. The summed E-state index contributed by atoms with van der Waals surface area (Å²) in [5, 5.41) is 0.00259. The van der Waals surface area contributed by atoms with E-state index in [0.29, 0.717) is 0 Å². The van der Waals surface area contributed by atoms with E-state index in [1.807, 2.05) is 0 Å². The molecule has 0 aliphatic rings. The summed E-state index contributed by atoms with van der Waals surface area (Å²) in [6.45, 7) is 0. The lowest BCUT2D eigenvalue weighted by atomic mass is 10.1. The van der Waals surface area contributed by atoms with Crippen molar-refractivity contribution in [3.63, 3.8) is 0 Å². The van der Waals surface area contributed by atoms with E-state index in [-0.39, 0.29) is 16.1 Å². The van der Waals surface area contributed by atoms with Gasteiger partial charge in [0.2, 0.25) is 6.29 Å². The quantitative estimate of drug-likeness (QED) is 0.699. The van der Waals surface area contributed by atoms with E-state index in [2.05, 4.69) is 0 Å². The van der Waals surface area contributed by atoms with Crippen molar-refractivity contribution in [3.05, 3.63) is 34.3 Å². The van der Waals surface area contributed by atoms with E-state index in [1.165, 1.54) is 18.4 Å². The number of halogens is 3. The summed E-state index contributed by atoms with van der Waals surface area (Å²) >= 11 is 5.48. The van der Waals surface area contributed by atoms with Crippen LogP contribution in [0.25, 0.3) is 0 Å². The zero-order chi connectivity index (χ0) is 9.14. The second kappa shape index (κ2) is 3.63. The first-order chi connectivity index (χ1) is 5.66. The minimum absolute atomic E-state index is 0.00259. The van der Waals surface area contributed by atoms with Crippen LogP contribution in [0.2, 0.25) is 5.02 Å². The maximum Gasteiger partial charge on any atom is 0.264 e. The van der Waals surface area contributed by atoms with Crippen molar-refractivity contribution in [3.8, 4) is 0 Å². The number of benzene rings is 1. The van der Waals surface area contributed by atoms with Gasteiger partial charge in [-0.25, -0.2) is 8.78 Å². The molecule has 12 heavy (non-hydrogen) atoms. The summed E-state index contributed by atoms with van der Waals surface area (Å²) in [6.07, 6.45) is -1.31. The fourth-order valence-corrected chi connectivity index (χ4v) is 1.05. The van der Waals surface area contributed by atoms with Gasteiger partial charge in [0.05, 0.1) is 10.6 Å². The number of hydrogen-bond donors (Lipinski definition) is 0. The largest absolute Gasteiger partial charge is 0.285 e. The van der Waals surface area contributed by atoms with Crippen LogP contribution in [-0.4, -0.2) is 6.29 Å². The third kappa shape index (κ3) is 1.61. The van der Waals surface area contributed by atoms with Crippen molar-refractivity contribution < 1.29 is 13.6 Å². The lowest BCUT2D eigenvalue weighted by molar-refractivity contribution is 0.151. The Morgan fingerprint density at radius 1 is 1.42 bits per heavy atom. The molecule has 1 rings (SSSR count). The molecule has 0 unspecified atom stereocenters. The lowest BCUT2D eigenvalue weighted by Gasteiger charge is -2.02. The van der Waals surface area contributed by atoms with Gasteiger partial charge in [-0.05, 0) is 6.07 Å². The highest BCUT2D eigenvalue weighted by molar-refractivity contribution is 6.33. The second-order valence-corrected chi connectivity index (χ2v) is 2.51. The molecule has 0 atom stereocenters. The van der Waals surface area contributed by atoms with E-state index >= 15 is 0 Å². The Bertz CT molecular complexity index is 299. The standard InChI is InChI=1S/C8H4ClF2O/c9-7-3-1-2-5(8(10)11)6(7)4-12/h1-3,8H. The van der Waals surface area contributed by atoms with Crippen LogP contribution in [0.5, 0.6) is 0 Å². The van der Waals surface area contributed by atoms with Crippen molar-refractivity contribution in [2.45, 2.75) is 6.43 Å². The van der Waals surface area contributed by atoms with Gasteiger partial charge in [0, 0.05) is 5.56 Å². The molecule has 1 aromatic rings. The molecule has 1 radical (unpaired) electrons. The molecule has 0 saturated heterocycles. The highest BCUT2D eigenvalue weighted by atomic mass is 35.5. The van der Waals surface area contributed by atoms with E-state index in [4.69, 9.17) is 11.6 Å². The third-order valence-electron chi connectivity index (χ3n) is 1.38. The molecule has 0 aliphatic heterocycles. The molecular formula is C8H4ClF2O. The minimum atomic E-state index is -2.69. The zero-order valence-corrected chi connectivity index (χ0v) is 6.61. The fraction of sp³-hybridized carbons (Fsp3) is 0.125. The van der Waals surface area contributed by atoms with Crippen LogP contribution in [0, 0.1) is 0 Å². The van der Waals surface area contributed by atoms with Crippen molar-refractivity contribution in [2.75, 3.05) is 0 Å². The normalized spacial score (nSPS) is 10.3. The molecule has 0 saturated carbocycles. The second-order valence-electron chi connectivity index (χ2n) is 2.11. The minimum Gasteiger partial charge on any atom is -0.285 e. The third-order valence-corrected chi connectivity index (χ3v) is 1.70. The van der Waals surface area contributed by atoms with Crippen LogP contribution in [0.1, 0.15) is 17.6 Å². The monoisotopic (exact) mass is 189 g/mol. The molecule has 0 aromatic heterocycles. The first-order valence-corrected chi connectivity index (χ1v) is 3.49. The molecule has 63 valence electrons. The maximum atomic E-state index is 12.2. The molecule has 0 spiro atoms. The Morgan fingerprint density at radius 3 is 2.50 bits per heavy atom. The van der Waals surface area contributed by atoms with Gasteiger partial charge in [0.25, 0.3) is 6.43 Å². The van der Waals surface area contributed by atoms with Crippen LogP contribution >= 0.6 is 11.6 Å². The topological polar surface area (TPSA) is 17.1 Å². The molecular weight excluding hydrogens is 186 g/mol. The molecule has 0 bridgehead atoms. The van der Waals surface area contributed by atoms with Crippen molar-refractivity contribution in [1.29, 1.82) is 0 Å². The van der Waals surface area contributed by atoms with Crippen molar-refractivity contribution in [1.82, 2.24) is 0 Å². The highest BCUT2D eigenvalue weighted by Crippen LogP contribution is 2.26. The molecule has 0 N–H and O–H groups in total. The van der Waals surface area contributed by atoms with Crippen LogP contribution in [-0.2, 0) is 4.79 Å². The summed E-state index contributed by atoms with van der Waals surface area (Å²) in [7, 11) is 0. The SMILES string of the molecule is O=[C]c1c(Cl)cccc1C(F)F. The number of rotatable bonds is 2. The van der Waals surface area contributed by atoms with Gasteiger partial charge in [0.1, 0.15) is 0 Å². The Hall–Kier alpha value is -0.960. The smallest absolute Gasteiger partial charge is 0.264 e. The van der Waals surface area contributed by atoms with Crippen molar-refractivity contribution in [2.24, 2.45) is 0 Å². The van der Waals surface area contributed by atoms with Gasteiger partial charge in [-0.15, -0.1) is 0 Å². The summed E-state index contributed by atoms with van der Waals surface area (Å²) in [5.74, 6) is 0. The highest BCUT2D eigenvalue weighted by Gasteiger charge is 2.14. The summed E-state index contributed by atoms with van der Waals surface area (Å²) in [6, 6.07) is 3.88. The molecule has 0 aliphatic carbocycles. The molecule has 0 amide bonds. The van der Waals surface area contributed by atoms with Crippen LogP contribution in [0.4, 0.5) is 8.78 Å². The van der Waals surface area contributed by atoms with Gasteiger partial charge in [-0.1, -0.05) is 23.7 Å². The van der Waals surface area contributed by atoms with Gasteiger partial charge < -0.3 is 0 Å². The first kappa shape index (κ1) is 9.13. The summed E-state index contributed by atoms with van der Waals surface area (Å²) in [4.78, 5) is 10.2. The average Bonchev–Trinajstić information content (AvgIpc) is 2.03. The molecule has 1 nitrogen and oxygen atoms in total. The van der Waals surface area contributed by atoms with E-state index in [1.54, 1.807) is 0 Å². The van der Waals surface area contributed by atoms with Gasteiger partial charge >= 0.3 is 0 Å². The van der Waals surface area contributed by atoms with E-state index in [0.717, 1.165) is 6.07 Å². The van der Waals surface area contributed by atoms with Gasteiger partial charge in [-0.3, -0.25) is 4.79 Å². The summed E-state index contributed by atoms with van der Waals surface area (Å²) in [5.41, 5.74) is -0.633. The van der Waals surface area contributed by atoms with Crippen LogP contribution in [0.3, 0.4) is 0 Å². The Morgan fingerprint density at radius 2 is 2.08 bits per heavy atom. The predicted molar refractivity (Wildman–Crippen MR) is 41.2 cm³/mol. The zero-order valence-electron chi connectivity index (χ0n) is 5.85. The lowest BCUT2D eigenvalue weighted by Crippen LogP contribution is -1.93. The van der Waals surface area contributed by atoms with E-state index in [9.17, 15) is 13.6 Å². The maximum absolute atomic E-state index is 12.2. The van der Waals surface area contributed by atoms with Crippen LogP contribution < -0.4 is 0 Å². The molecule has 0 fully saturated rings. The van der Waals surface area contributed by atoms with Crippen molar-refractivity contribution >= 4 is 17.9 Å². The predicted octanol–water partition coefficient (Wildman–Crippen LogP) is 2.74. The number of alkyl halides is 2. The molecule has 0 heterocycles. The van der Waals surface area contributed by atoms with Gasteiger partial charge in [0.15, 0.2) is 0 Å². The first-order valence-electron chi connectivity index (χ1n) is 3.11. The molecule has 4 heteroatoms. The van der Waals surface area contributed by atoms with Crippen LogP contribution in [0.15, 0.2) is 18.2 Å². The van der Waals surface area contributed by atoms with E-state index < -0.39 is 6.43 Å². The van der Waals surface area contributed by atoms with Gasteiger partial charge in [-0.2, -0.15) is 0 Å². The average molecular weight is 190 g/mol. The molecule has 1 aromatic carbocycles.